The topological polar surface area (TPSA) is 154 Å². The van der Waals surface area contributed by atoms with Crippen LogP contribution in [0, 0.1) is 32.6 Å². The van der Waals surface area contributed by atoms with Crippen LogP contribution in [-0.4, -0.2) is 58.2 Å². The Morgan fingerprint density at radius 2 is 1.85 bits per heavy atom. The van der Waals surface area contributed by atoms with Gasteiger partial charge in [0.25, 0.3) is 5.56 Å². The van der Waals surface area contributed by atoms with E-state index in [0.717, 1.165) is 62.3 Å². The van der Waals surface area contributed by atoms with E-state index in [-0.39, 0.29) is 24.3 Å². The number of hydrogen-bond acceptors (Lipinski definition) is 10. The summed E-state index contributed by atoms with van der Waals surface area (Å²) in [6.45, 7) is 7.47. The second-order valence-corrected chi connectivity index (χ2v) is 14.7. The molecule has 54 heavy (non-hydrogen) atoms. The number of aryl methyl sites for hydroxylation is 3. The molecule has 272 valence electrons. The number of rotatable bonds is 8. The maximum Gasteiger partial charge on any atom is 0.264 e. The van der Waals surface area contributed by atoms with Gasteiger partial charge in [-0.3, -0.25) is 38.5 Å². The number of unbranched alkanes of at least 4 members (excludes halogenated alkanes) is 1. The molecule has 2 N–H and O–H groups in total. The van der Waals surface area contributed by atoms with Gasteiger partial charge in [-0.1, -0.05) is 41.6 Å². The van der Waals surface area contributed by atoms with Gasteiger partial charge in [-0.05, 0) is 69.9 Å². The van der Waals surface area contributed by atoms with Crippen LogP contribution in [-0.2, 0) is 22.7 Å². The van der Waals surface area contributed by atoms with Gasteiger partial charge in [0.15, 0.2) is 5.82 Å². The van der Waals surface area contributed by atoms with Crippen molar-refractivity contribution >= 4 is 57.1 Å². The molecule has 2 aromatic carbocycles. The monoisotopic (exact) mass is 758 g/mol. The van der Waals surface area contributed by atoms with E-state index in [4.69, 9.17) is 16.6 Å². The van der Waals surface area contributed by atoms with Gasteiger partial charge in [0, 0.05) is 47.5 Å². The summed E-state index contributed by atoms with van der Waals surface area (Å²) in [6.07, 6.45) is 5.83. The lowest BCUT2D eigenvalue weighted by atomic mass is 10.00. The zero-order valence-corrected chi connectivity index (χ0v) is 31.4. The number of aliphatic imine (C=N–C) groups is 1. The minimum atomic E-state index is -0.775. The number of halogens is 1. The van der Waals surface area contributed by atoms with Crippen molar-refractivity contribution in [3.8, 4) is 16.8 Å². The van der Waals surface area contributed by atoms with E-state index in [9.17, 15) is 14.4 Å². The first kappa shape index (κ1) is 35.1. The Labute approximate surface area is 319 Å². The summed E-state index contributed by atoms with van der Waals surface area (Å²) in [4.78, 5) is 48.5. The van der Waals surface area contributed by atoms with Gasteiger partial charge >= 0.3 is 0 Å². The van der Waals surface area contributed by atoms with Crippen molar-refractivity contribution in [1.29, 1.82) is 0 Å². The van der Waals surface area contributed by atoms with Crippen molar-refractivity contribution in [3.63, 3.8) is 0 Å². The molecule has 1 saturated heterocycles. The summed E-state index contributed by atoms with van der Waals surface area (Å²) in [7, 11) is 0. The molecular formula is C39H35ClN10O3S. The van der Waals surface area contributed by atoms with E-state index in [0.29, 0.717) is 47.1 Å². The van der Waals surface area contributed by atoms with Crippen LogP contribution in [0.15, 0.2) is 64.6 Å². The lowest BCUT2D eigenvalue weighted by Crippen LogP contribution is -2.45. The van der Waals surface area contributed by atoms with Crippen molar-refractivity contribution in [2.24, 2.45) is 4.99 Å². The molecular weight excluding hydrogens is 724 g/mol. The summed E-state index contributed by atoms with van der Waals surface area (Å²) < 4.78 is 5.37. The molecule has 6 aromatic rings. The Balaban J connectivity index is 0.942. The highest BCUT2D eigenvalue weighted by molar-refractivity contribution is 7.15. The third kappa shape index (κ3) is 6.61. The van der Waals surface area contributed by atoms with E-state index in [1.807, 2.05) is 54.2 Å². The second kappa shape index (κ2) is 14.5. The number of thiophene rings is 1. The van der Waals surface area contributed by atoms with Crippen LogP contribution in [0.25, 0.3) is 15.9 Å². The fourth-order valence-corrected chi connectivity index (χ4v) is 8.35. The van der Waals surface area contributed by atoms with Gasteiger partial charge in [0.1, 0.15) is 29.2 Å². The molecule has 2 aliphatic rings. The summed E-state index contributed by atoms with van der Waals surface area (Å²) in [6, 6.07) is 12.4. The fourth-order valence-electron chi connectivity index (χ4n) is 7.00. The molecule has 0 spiro atoms. The van der Waals surface area contributed by atoms with Crippen LogP contribution in [0.4, 0.5) is 5.69 Å². The highest BCUT2D eigenvalue weighted by Gasteiger charge is 2.31. The molecule has 15 heteroatoms. The number of fused-ring (bicyclic) bond motifs is 4. The molecule has 13 nitrogen and oxygen atoms in total. The number of piperidine rings is 1. The number of anilines is 1. The molecule has 2 amide bonds. The molecule has 1 atom stereocenters. The van der Waals surface area contributed by atoms with Crippen molar-refractivity contribution in [2.45, 2.75) is 65.6 Å². The van der Waals surface area contributed by atoms with Crippen molar-refractivity contribution in [3.05, 3.63) is 115 Å². The number of aromatic nitrogens is 7. The Kier molecular flexibility index (Phi) is 9.43. The average molecular weight is 759 g/mol. The molecule has 8 rings (SSSR count). The molecule has 0 saturated carbocycles. The summed E-state index contributed by atoms with van der Waals surface area (Å²) in [5.74, 6) is 7.91. The molecule has 4 aromatic heterocycles. The number of carbonyl (C=O) groups excluding carboxylic acids is 2. The lowest BCUT2D eigenvalue weighted by Gasteiger charge is -2.24. The second-order valence-electron chi connectivity index (χ2n) is 13.3. The molecule has 6 heterocycles. The number of nitrogens with one attached hydrogen (secondary N) is 2. The minimum absolute atomic E-state index is 0.175. The lowest BCUT2D eigenvalue weighted by molar-refractivity contribution is -0.135. The third-order valence-electron chi connectivity index (χ3n) is 9.67. The van der Waals surface area contributed by atoms with Crippen LogP contribution >= 0.6 is 22.9 Å². The van der Waals surface area contributed by atoms with E-state index in [1.165, 1.54) is 4.57 Å². The third-order valence-corrected chi connectivity index (χ3v) is 11.1. The van der Waals surface area contributed by atoms with Crippen molar-refractivity contribution in [1.82, 2.24) is 39.4 Å². The SMILES string of the molecule is Cc1c(C#Cc2cnn(CCCCNc3cccc4nc(C)n(C5CCC(=O)NC5=O)c(=O)c34)c2)sc2c1C(c1ccc(Cl)cc1)=NCc1nnc(C)n1-2. The largest absolute Gasteiger partial charge is 0.384 e. The standard InChI is InChI=1S/C39H35ClN10O3S/c1-22-31(54-39-34(22)36(26-10-12-27(40)13-11-26)42-20-32-47-46-24(3)50(32)39)15-9-25-19-43-48(21-25)18-5-4-17-41-28-7-6-8-29-35(28)38(53)49(23(2)44-29)30-14-16-33(51)45-37(30)52/h6-8,10-13,19,21,30,41H,4-5,14,16-18,20H2,1-3H3,(H,45,51,52). The van der Waals surface area contributed by atoms with Crippen molar-refractivity contribution in [2.75, 3.05) is 11.9 Å². The highest BCUT2D eigenvalue weighted by Crippen LogP contribution is 2.36. The summed E-state index contributed by atoms with van der Waals surface area (Å²) in [5.41, 5.74) is 5.65. The maximum atomic E-state index is 13.7. The summed E-state index contributed by atoms with van der Waals surface area (Å²) in [5, 5.41) is 21.1. The van der Waals surface area contributed by atoms with Gasteiger partial charge in [0.05, 0.1) is 33.3 Å². The van der Waals surface area contributed by atoms with Crippen molar-refractivity contribution < 1.29 is 9.59 Å². The van der Waals surface area contributed by atoms with Gasteiger partial charge in [-0.25, -0.2) is 4.98 Å². The Hall–Kier alpha value is -5.91. The Morgan fingerprint density at radius 1 is 1.02 bits per heavy atom. The van der Waals surface area contributed by atoms with E-state index in [2.05, 4.69) is 54.2 Å². The van der Waals surface area contributed by atoms with Gasteiger partial charge in [-0.15, -0.1) is 21.5 Å². The van der Waals surface area contributed by atoms with E-state index in [1.54, 1.807) is 30.5 Å². The number of hydrogen-bond donors (Lipinski definition) is 2. The normalized spacial score (nSPS) is 15.2. The quantitative estimate of drug-likeness (QED) is 0.118. The Morgan fingerprint density at radius 3 is 2.67 bits per heavy atom. The number of imide groups is 1. The van der Waals surface area contributed by atoms with Crippen LogP contribution in [0.2, 0.25) is 5.02 Å². The first-order valence-electron chi connectivity index (χ1n) is 17.7. The van der Waals surface area contributed by atoms with Crippen LogP contribution in [0.5, 0.6) is 0 Å². The first-order chi connectivity index (χ1) is 26.2. The number of benzene rings is 2. The highest BCUT2D eigenvalue weighted by atomic mass is 35.5. The van der Waals surface area contributed by atoms with E-state index >= 15 is 0 Å². The number of amides is 2. The van der Waals surface area contributed by atoms with Crippen LogP contribution in [0.3, 0.4) is 0 Å². The first-order valence-corrected chi connectivity index (χ1v) is 18.8. The number of carbonyl (C=O) groups is 2. The van der Waals surface area contributed by atoms with Gasteiger partial charge in [0.2, 0.25) is 11.8 Å². The van der Waals surface area contributed by atoms with Gasteiger partial charge < -0.3 is 5.32 Å². The van der Waals surface area contributed by atoms with Gasteiger partial charge in [-0.2, -0.15) is 5.10 Å². The Bertz CT molecular complexity index is 2620. The number of nitrogens with zero attached hydrogens (tertiary/aromatic N) is 8. The molecule has 0 bridgehead atoms. The molecule has 1 fully saturated rings. The fraction of sp³-hybridized carbons (Fsp3) is 0.282. The minimum Gasteiger partial charge on any atom is -0.384 e. The maximum absolute atomic E-state index is 13.7. The molecule has 2 aliphatic heterocycles. The smallest absolute Gasteiger partial charge is 0.264 e. The van der Waals surface area contributed by atoms with Crippen LogP contribution < -0.4 is 16.2 Å². The van der Waals surface area contributed by atoms with Crippen LogP contribution in [0.1, 0.15) is 76.3 Å². The molecule has 1 unspecified atom stereocenters. The van der Waals surface area contributed by atoms with E-state index < -0.39 is 11.9 Å². The average Bonchev–Trinajstić information content (AvgIpc) is 3.82. The zero-order chi connectivity index (χ0) is 37.5. The predicted molar refractivity (Wildman–Crippen MR) is 208 cm³/mol. The molecule has 0 aliphatic carbocycles. The predicted octanol–water partition coefficient (Wildman–Crippen LogP) is 5.43. The zero-order valence-electron chi connectivity index (χ0n) is 29.8. The summed E-state index contributed by atoms with van der Waals surface area (Å²) >= 11 is 7.81. The molecule has 0 radical (unpaired) electrons.